The van der Waals surface area contributed by atoms with Gasteiger partial charge in [-0.05, 0) is 32.2 Å². The first-order valence-corrected chi connectivity index (χ1v) is 5.48. The molecule has 1 N–H and O–H groups in total. The van der Waals surface area contributed by atoms with Gasteiger partial charge in [0.05, 0.1) is 6.61 Å². The Labute approximate surface area is 83.1 Å². The van der Waals surface area contributed by atoms with E-state index in [4.69, 9.17) is 4.74 Å². The van der Waals surface area contributed by atoms with Crippen LogP contribution in [-0.4, -0.2) is 25.8 Å². The van der Waals surface area contributed by atoms with Gasteiger partial charge in [-0.25, -0.2) is 0 Å². The second-order valence-corrected chi connectivity index (χ2v) is 4.07. The summed E-state index contributed by atoms with van der Waals surface area (Å²) in [5.74, 6) is 0.801. The van der Waals surface area contributed by atoms with E-state index >= 15 is 0 Å². The summed E-state index contributed by atoms with van der Waals surface area (Å²) in [6.07, 6.45) is 2.46. The summed E-state index contributed by atoms with van der Waals surface area (Å²) in [4.78, 5) is 0. The van der Waals surface area contributed by atoms with Gasteiger partial charge in [0.15, 0.2) is 0 Å². The lowest BCUT2D eigenvalue weighted by Gasteiger charge is -2.12. The smallest absolute Gasteiger partial charge is 0.0616 e. The number of ether oxygens (including phenoxy) is 1. The second-order valence-electron chi connectivity index (χ2n) is 4.07. The number of rotatable bonds is 8. The molecule has 80 valence electrons. The van der Waals surface area contributed by atoms with Gasteiger partial charge < -0.3 is 10.1 Å². The third-order valence-corrected chi connectivity index (χ3v) is 1.99. The molecule has 0 bridgehead atoms. The Morgan fingerprint density at radius 1 is 1.23 bits per heavy atom. The summed E-state index contributed by atoms with van der Waals surface area (Å²) >= 11 is 0. The molecule has 0 fully saturated rings. The molecule has 0 aromatic heterocycles. The van der Waals surface area contributed by atoms with Crippen LogP contribution >= 0.6 is 0 Å². The monoisotopic (exact) mass is 187 g/mol. The molecule has 0 spiro atoms. The van der Waals surface area contributed by atoms with Crippen LogP contribution in [0.2, 0.25) is 0 Å². The van der Waals surface area contributed by atoms with Crippen LogP contribution in [-0.2, 0) is 4.74 Å². The first-order chi connectivity index (χ1) is 6.16. The molecule has 0 amide bonds. The molecule has 0 aliphatic rings. The van der Waals surface area contributed by atoms with Crippen LogP contribution in [0.4, 0.5) is 0 Å². The average Bonchev–Trinajstić information content (AvgIpc) is 2.03. The summed E-state index contributed by atoms with van der Waals surface area (Å²) in [5.41, 5.74) is 0. The van der Waals surface area contributed by atoms with E-state index < -0.39 is 0 Å². The molecule has 0 saturated heterocycles. The standard InChI is InChI=1S/C11H25NO/c1-5-12-11(4)9-13-8-6-7-10(2)3/h10-12H,5-9H2,1-4H3. The normalized spacial score (nSPS) is 13.6. The molecule has 2 nitrogen and oxygen atoms in total. The van der Waals surface area contributed by atoms with Crippen LogP contribution in [0.3, 0.4) is 0 Å². The highest BCUT2D eigenvalue weighted by Gasteiger charge is 1.99. The fraction of sp³-hybridized carbons (Fsp3) is 1.00. The third-order valence-electron chi connectivity index (χ3n) is 1.99. The molecule has 2 heteroatoms. The quantitative estimate of drug-likeness (QED) is 0.589. The van der Waals surface area contributed by atoms with Crippen LogP contribution in [0, 0.1) is 5.92 Å². The SMILES string of the molecule is CCNC(C)COCCCC(C)C. The predicted octanol–water partition coefficient (Wildman–Crippen LogP) is 2.44. The van der Waals surface area contributed by atoms with Crippen molar-refractivity contribution in [3.8, 4) is 0 Å². The van der Waals surface area contributed by atoms with Gasteiger partial charge in [-0.3, -0.25) is 0 Å². The molecular weight excluding hydrogens is 162 g/mol. The van der Waals surface area contributed by atoms with Crippen molar-refractivity contribution in [2.75, 3.05) is 19.8 Å². The van der Waals surface area contributed by atoms with E-state index in [2.05, 4.69) is 33.0 Å². The second kappa shape index (κ2) is 8.52. The molecule has 0 aliphatic carbocycles. The minimum absolute atomic E-state index is 0.490. The van der Waals surface area contributed by atoms with Crippen molar-refractivity contribution in [2.24, 2.45) is 5.92 Å². The molecule has 1 atom stereocenters. The van der Waals surface area contributed by atoms with E-state index in [1.54, 1.807) is 0 Å². The maximum absolute atomic E-state index is 5.54. The molecule has 0 heterocycles. The Hall–Kier alpha value is -0.0800. The number of likely N-dealkylation sites (N-methyl/N-ethyl adjacent to an activating group) is 1. The topological polar surface area (TPSA) is 21.3 Å². The Morgan fingerprint density at radius 3 is 2.46 bits per heavy atom. The van der Waals surface area contributed by atoms with Gasteiger partial charge in [-0.2, -0.15) is 0 Å². The van der Waals surface area contributed by atoms with E-state index in [0.29, 0.717) is 6.04 Å². The summed E-state index contributed by atoms with van der Waals surface area (Å²) < 4.78 is 5.54. The summed E-state index contributed by atoms with van der Waals surface area (Å²) in [7, 11) is 0. The Balaban J connectivity index is 3.06. The fourth-order valence-corrected chi connectivity index (χ4v) is 1.26. The van der Waals surface area contributed by atoms with Gasteiger partial charge in [-0.1, -0.05) is 20.8 Å². The zero-order chi connectivity index (χ0) is 10.1. The molecule has 0 radical (unpaired) electrons. The summed E-state index contributed by atoms with van der Waals surface area (Å²) in [6, 6.07) is 0.490. The molecule has 0 rings (SSSR count). The summed E-state index contributed by atoms with van der Waals surface area (Å²) in [6.45, 7) is 11.6. The average molecular weight is 187 g/mol. The first-order valence-electron chi connectivity index (χ1n) is 5.48. The van der Waals surface area contributed by atoms with Gasteiger partial charge >= 0.3 is 0 Å². The van der Waals surface area contributed by atoms with Crippen LogP contribution in [0.5, 0.6) is 0 Å². The molecule has 0 saturated carbocycles. The largest absolute Gasteiger partial charge is 0.380 e. The van der Waals surface area contributed by atoms with E-state index in [1.165, 1.54) is 12.8 Å². The molecule has 0 aromatic rings. The lowest BCUT2D eigenvalue weighted by Crippen LogP contribution is -2.30. The summed E-state index contributed by atoms with van der Waals surface area (Å²) in [5, 5.41) is 3.32. The Morgan fingerprint density at radius 2 is 1.92 bits per heavy atom. The van der Waals surface area contributed by atoms with Gasteiger partial charge in [-0.15, -0.1) is 0 Å². The van der Waals surface area contributed by atoms with Crippen LogP contribution in [0.15, 0.2) is 0 Å². The number of hydrogen-bond donors (Lipinski definition) is 1. The zero-order valence-electron chi connectivity index (χ0n) is 9.60. The number of hydrogen-bond acceptors (Lipinski definition) is 2. The van der Waals surface area contributed by atoms with Crippen LogP contribution < -0.4 is 5.32 Å². The maximum Gasteiger partial charge on any atom is 0.0616 e. The van der Waals surface area contributed by atoms with Gasteiger partial charge in [0.1, 0.15) is 0 Å². The van der Waals surface area contributed by atoms with E-state index in [-0.39, 0.29) is 0 Å². The molecule has 0 aromatic carbocycles. The predicted molar refractivity (Wildman–Crippen MR) is 58.0 cm³/mol. The number of nitrogens with one attached hydrogen (secondary N) is 1. The van der Waals surface area contributed by atoms with Crippen LogP contribution in [0.1, 0.15) is 40.5 Å². The van der Waals surface area contributed by atoms with Crippen molar-refractivity contribution < 1.29 is 4.74 Å². The van der Waals surface area contributed by atoms with Crippen molar-refractivity contribution >= 4 is 0 Å². The lowest BCUT2D eigenvalue weighted by molar-refractivity contribution is 0.110. The highest BCUT2D eigenvalue weighted by atomic mass is 16.5. The van der Waals surface area contributed by atoms with Crippen LogP contribution in [0.25, 0.3) is 0 Å². The van der Waals surface area contributed by atoms with Gasteiger partial charge in [0.2, 0.25) is 0 Å². The Bertz CT molecular complexity index is 104. The van der Waals surface area contributed by atoms with Crippen molar-refractivity contribution in [1.29, 1.82) is 0 Å². The van der Waals surface area contributed by atoms with Gasteiger partial charge in [0.25, 0.3) is 0 Å². The zero-order valence-corrected chi connectivity index (χ0v) is 9.60. The maximum atomic E-state index is 5.54. The van der Waals surface area contributed by atoms with E-state index in [9.17, 15) is 0 Å². The van der Waals surface area contributed by atoms with Crippen molar-refractivity contribution in [3.63, 3.8) is 0 Å². The first kappa shape index (κ1) is 12.9. The minimum atomic E-state index is 0.490. The lowest BCUT2D eigenvalue weighted by atomic mass is 10.1. The van der Waals surface area contributed by atoms with E-state index in [1.807, 2.05) is 0 Å². The van der Waals surface area contributed by atoms with Crippen molar-refractivity contribution in [3.05, 3.63) is 0 Å². The van der Waals surface area contributed by atoms with E-state index in [0.717, 1.165) is 25.7 Å². The highest BCUT2D eigenvalue weighted by molar-refractivity contribution is 4.56. The van der Waals surface area contributed by atoms with Gasteiger partial charge in [0, 0.05) is 12.6 Å². The molecular formula is C11H25NO. The molecule has 0 aliphatic heterocycles. The minimum Gasteiger partial charge on any atom is -0.380 e. The Kier molecular flexibility index (Phi) is 8.46. The highest BCUT2D eigenvalue weighted by Crippen LogP contribution is 2.03. The molecule has 1 unspecified atom stereocenters. The fourth-order valence-electron chi connectivity index (χ4n) is 1.26. The van der Waals surface area contributed by atoms with Crippen molar-refractivity contribution in [1.82, 2.24) is 5.32 Å². The molecule has 13 heavy (non-hydrogen) atoms. The van der Waals surface area contributed by atoms with Crippen molar-refractivity contribution in [2.45, 2.75) is 46.6 Å². The third kappa shape index (κ3) is 9.84.